The van der Waals surface area contributed by atoms with E-state index in [0.717, 1.165) is 0 Å². The molecule has 3 aromatic rings. The monoisotopic (exact) mass is 492 g/mol. The van der Waals surface area contributed by atoms with Gasteiger partial charge in [-0.2, -0.15) is 0 Å². The second-order valence-corrected chi connectivity index (χ2v) is 7.62. The number of halogens is 3. The Morgan fingerprint density at radius 1 is 0.931 bits per heavy atom. The molecule has 8 heteroatoms. The van der Waals surface area contributed by atoms with E-state index in [1.807, 2.05) is 6.07 Å². The predicted octanol–water partition coefficient (Wildman–Crippen LogP) is 6.03. The zero-order valence-electron chi connectivity index (χ0n) is 14.9. The third kappa shape index (κ3) is 5.97. The number of amides is 2. The number of nitrogens with one attached hydrogen (secondary N) is 2. The van der Waals surface area contributed by atoms with Crippen molar-refractivity contribution in [1.29, 1.82) is 0 Å². The molecular formula is C21H15BrCl2N2O3. The van der Waals surface area contributed by atoms with E-state index in [2.05, 4.69) is 26.6 Å². The summed E-state index contributed by atoms with van der Waals surface area (Å²) in [6, 6.07) is 18.7. The normalized spacial score (nSPS) is 10.3. The summed E-state index contributed by atoms with van der Waals surface area (Å²) in [5, 5.41) is 6.34. The van der Waals surface area contributed by atoms with E-state index in [4.69, 9.17) is 27.9 Å². The van der Waals surface area contributed by atoms with E-state index in [9.17, 15) is 9.59 Å². The first kappa shape index (κ1) is 21.2. The summed E-state index contributed by atoms with van der Waals surface area (Å²) in [5.41, 5.74) is 1.68. The zero-order chi connectivity index (χ0) is 20.8. The molecule has 5 nitrogen and oxygen atoms in total. The largest absolute Gasteiger partial charge is 0.482 e. The van der Waals surface area contributed by atoms with Gasteiger partial charge >= 0.3 is 0 Å². The maximum Gasteiger partial charge on any atom is 0.262 e. The second-order valence-electron chi connectivity index (χ2n) is 5.93. The maximum atomic E-state index is 12.3. The van der Waals surface area contributed by atoms with E-state index < -0.39 is 0 Å². The molecule has 0 aliphatic heterocycles. The molecule has 0 saturated carbocycles. The second kappa shape index (κ2) is 9.78. The van der Waals surface area contributed by atoms with Gasteiger partial charge < -0.3 is 15.4 Å². The third-order valence-electron chi connectivity index (χ3n) is 3.79. The van der Waals surface area contributed by atoms with Crippen molar-refractivity contribution in [2.75, 3.05) is 17.2 Å². The summed E-state index contributed by atoms with van der Waals surface area (Å²) in [6.07, 6.45) is 0. The Hall–Kier alpha value is -2.54. The summed E-state index contributed by atoms with van der Waals surface area (Å²) < 4.78 is 6.04. The van der Waals surface area contributed by atoms with Crippen molar-refractivity contribution in [3.05, 3.63) is 86.8 Å². The molecule has 2 N–H and O–H groups in total. The van der Waals surface area contributed by atoms with Crippen LogP contribution in [-0.4, -0.2) is 18.4 Å². The lowest BCUT2D eigenvalue weighted by Crippen LogP contribution is -2.20. The number of ether oxygens (including phenoxy) is 1. The number of carbonyl (C=O) groups excluding carboxylic acids is 2. The van der Waals surface area contributed by atoms with Crippen LogP contribution in [0.25, 0.3) is 0 Å². The van der Waals surface area contributed by atoms with Crippen LogP contribution in [0.5, 0.6) is 5.75 Å². The molecule has 0 fully saturated rings. The van der Waals surface area contributed by atoms with Crippen LogP contribution in [0.2, 0.25) is 10.0 Å². The van der Waals surface area contributed by atoms with E-state index >= 15 is 0 Å². The van der Waals surface area contributed by atoms with Crippen molar-refractivity contribution < 1.29 is 14.3 Å². The van der Waals surface area contributed by atoms with Gasteiger partial charge in [0, 0.05) is 20.7 Å². The quantitative estimate of drug-likeness (QED) is 0.440. The number of hydrogen-bond donors (Lipinski definition) is 2. The molecule has 2 amide bonds. The number of carbonyl (C=O) groups is 2. The molecule has 3 rings (SSSR count). The minimum atomic E-state index is -0.357. The fourth-order valence-corrected chi connectivity index (χ4v) is 3.35. The standard InChI is InChI=1S/C21H15BrCl2N2O3/c22-16-11-15(7-8-18(16)26-21(28)13-4-2-1-3-5-13)25-20(27)12-29-19-9-6-14(23)10-17(19)24/h1-11H,12H2,(H,25,27)(H,26,28). The summed E-state index contributed by atoms with van der Waals surface area (Å²) in [6.45, 7) is -0.217. The Kier molecular flexibility index (Phi) is 7.14. The zero-order valence-corrected chi connectivity index (χ0v) is 18.0. The van der Waals surface area contributed by atoms with Gasteiger partial charge in [0.05, 0.1) is 10.7 Å². The lowest BCUT2D eigenvalue weighted by Gasteiger charge is -2.11. The first-order valence-corrected chi connectivity index (χ1v) is 10.0. The fourth-order valence-electron chi connectivity index (χ4n) is 2.41. The lowest BCUT2D eigenvalue weighted by atomic mass is 10.2. The molecule has 0 unspecified atom stereocenters. The van der Waals surface area contributed by atoms with E-state index in [-0.39, 0.29) is 18.4 Å². The molecule has 0 heterocycles. The number of benzene rings is 3. The highest BCUT2D eigenvalue weighted by atomic mass is 79.9. The molecular weight excluding hydrogens is 479 g/mol. The van der Waals surface area contributed by atoms with Crippen molar-refractivity contribution >= 4 is 62.3 Å². The highest BCUT2D eigenvalue weighted by Crippen LogP contribution is 2.28. The van der Waals surface area contributed by atoms with Crippen LogP contribution in [0.1, 0.15) is 10.4 Å². The van der Waals surface area contributed by atoms with Gasteiger partial charge in [-0.15, -0.1) is 0 Å². The van der Waals surface area contributed by atoms with E-state index in [1.54, 1.807) is 54.6 Å². The number of anilines is 2. The molecule has 0 spiro atoms. The Morgan fingerprint density at radius 2 is 1.69 bits per heavy atom. The summed E-state index contributed by atoms with van der Waals surface area (Å²) in [5.74, 6) is -0.216. The van der Waals surface area contributed by atoms with E-state index in [1.165, 1.54) is 6.07 Å². The highest BCUT2D eigenvalue weighted by molar-refractivity contribution is 9.10. The average molecular weight is 494 g/mol. The topological polar surface area (TPSA) is 67.4 Å². The van der Waals surface area contributed by atoms with Gasteiger partial charge in [-0.1, -0.05) is 41.4 Å². The van der Waals surface area contributed by atoms with Crippen LogP contribution in [-0.2, 0) is 4.79 Å². The maximum absolute atomic E-state index is 12.3. The smallest absolute Gasteiger partial charge is 0.262 e. The molecule has 0 aliphatic carbocycles. The molecule has 3 aromatic carbocycles. The minimum absolute atomic E-state index is 0.217. The SMILES string of the molecule is O=C(COc1ccc(Cl)cc1Cl)Nc1ccc(NC(=O)c2ccccc2)c(Br)c1. The summed E-state index contributed by atoms with van der Waals surface area (Å²) >= 11 is 15.2. The highest BCUT2D eigenvalue weighted by Gasteiger charge is 2.11. The molecule has 29 heavy (non-hydrogen) atoms. The van der Waals surface area contributed by atoms with Crippen LogP contribution in [0.4, 0.5) is 11.4 Å². The summed E-state index contributed by atoms with van der Waals surface area (Å²) in [4.78, 5) is 24.4. The first-order valence-electron chi connectivity index (χ1n) is 8.46. The van der Waals surface area contributed by atoms with Crippen molar-refractivity contribution in [2.45, 2.75) is 0 Å². The average Bonchev–Trinajstić information content (AvgIpc) is 2.70. The van der Waals surface area contributed by atoms with Crippen LogP contribution in [0.3, 0.4) is 0 Å². The molecule has 0 radical (unpaired) electrons. The minimum Gasteiger partial charge on any atom is -0.482 e. The van der Waals surface area contributed by atoms with Crippen molar-refractivity contribution in [2.24, 2.45) is 0 Å². The van der Waals surface area contributed by atoms with Crippen LogP contribution in [0, 0.1) is 0 Å². The van der Waals surface area contributed by atoms with Gasteiger partial charge in [0.1, 0.15) is 5.75 Å². The molecule has 0 atom stereocenters. The van der Waals surface area contributed by atoms with Gasteiger partial charge in [0.15, 0.2) is 6.61 Å². The Labute approximate surface area is 186 Å². The summed E-state index contributed by atoms with van der Waals surface area (Å²) in [7, 11) is 0. The molecule has 148 valence electrons. The Morgan fingerprint density at radius 3 is 2.38 bits per heavy atom. The predicted molar refractivity (Wildman–Crippen MR) is 119 cm³/mol. The van der Waals surface area contributed by atoms with E-state index in [0.29, 0.717) is 37.2 Å². The Bertz CT molecular complexity index is 1050. The van der Waals surface area contributed by atoms with Crippen molar-refractivity contribution in [3.8, 4) is 5.75 Å². The molecule has 0 aromatic heterocycles. The lowest BCUT2D eigenvalue weighted by molar-refractivity contribution is -0.118. The number of hydrogen-bond acceptors (Lipinski definition) is 3. The fraction of sp³-hybridized carbons (Fsp3) is 0.0476. The van der Waals surface area contributed by atoms with Crippen LogP contribution >= 0.6 is 39.1 Å². The molecule has 0 aliphatic rings. The number of rotatable bonds is 6. The van der Waals surface area contributed by atoms with Gasteiger partial charge in [-0.25, -0.2) is 0 Å². The van der Waals surface area contributed by atoms with Crippen molar-refractivity contribution in [1.82, 2.24) is 0 Å². The van der Waals surface area contributed by atoms with Crippen LogP contribution in [0.15, 0.2) is 71.2 Å². The van der Waals surface area contributed by atoms with Gasteiger partial charge in [0.2, 0.25) is 0 Å². The van der Waals surface area contributed by atoms with Crippen molar-refractivity contribution in [3.63, 3.8) is 0 Å². The van der Waals surface area contributed by atoms with Gasteiger partial charge in [-0.05, 0) is 64.5 Å². The third-order valence-corrected chi connectivity index (χ3v) is 4.98. The van der Waals surface area contributed by atoms with Gasteiger partial charge in [0.25, 0.3) is 11.8 Å². The molecule has 0 bridgehead atoms. The van der Waals surface area contributed by atoms with Crippen LogP contribution < -0.4 is 15.4 Å². The van der Waals surface area contributed by atoms with Gasteiger partial charge in [-0.3, -0.25) is 9.59 Å². The Balaban J connectivity index is 1.58. The first-order chi connectivity index (χ1) is 13.9. The molecule has 0 saturated heterocycles.